The van der Waals surface area contributed by atoms with Crippen LogP contribution in [-0.2, 0) is 0 Å². The predicted octanol–water partition coefficient (Wildman–Crippen LogP) is 4.61. The molecular weight excluding hydrogens is 216 g/mol. The first-order valence-corrected chi connectivity index (χ1v) is 6.03. The monoisotopic (exact) mass is 228 g/mol. The summed E-state index contributed by atoms with van der Waals surface area (Å²) in [5, 5.41) is 0.820. The molecule has 1 aliphatic rings. The molecule has 2 atom stereocenters. The largest absolute Gasteiger partial charge is 0.0843 e. The number of halogens is 1. The van der Waals surface area contributed by atoms with E-state index in [1.165, 1.54) is 17.5 Å². The van der Waals surface area contributed by atoms with E-state index in [1.54, 1.807) is 0 Å². The average Bonchev–Trinajstić information content (AvgIpc) is 3.11. The van der Waals surface area contributed by atoms with Crippen molar-refractivity contribution in [3.05, 3.63) is 70.7 Å². The fourth-order valence-electron chi connectivity index (χ4n) is 2.34. The summed E-state index contributed by atoms with van der Waals surface area (Å²) < 4.78 is 0. The minimum Gasteiger partial charge on any atom is -0.0843 e. The zero-order chi connectivity index (χ0) is 11.0. The van der Waals surface area contributed by atoms with Gasteiger partial charge in [0, 0.05) is 5.02 Å². The summed E-state index contributed by atoms with van der Waals surface area (Å²) >= 11 is 5.89. The lowest BCUT2D eigenvalue weighted by molar-refractivity contribution is 1.03. The zero-order valence-corrected chi connectivity index (χ0v) is 9.69. The summed E-state index contributed by atoms with van der Waals surface area (Å²) in [5.41, 5.74) is 2.88. The molecule has 16 heavy (non-hydrogen) atoms. The third-order valence-corrected chi connectivity index (χ3v) is 3.57. The Balaban J connectivity index is 1.79. The van der Waals surface area contributed by atoms with Crippen LogP contribution in [0.15, 0.2) is 54.6 Å². The lowest BCUT2D eigenvalue weighted by atomic mass is 10.0. The fraction of sp³-hybridized carbons (Fsp3) is 0.200. The van der Waals surface area contributed by atoms with Crippen LogP contribution in [0, 0.1) is 0 Å². The molecule has 0 bridgehead atoms. The Bertz CT molecular complexity index is 473. The van der Waals surface area contributed by atoms with Crippen molar-refractivity contribution in [2.24, 2.45) is 0 Å². The average molecular weight is 229 g/mol. The van der Waals surface area contributed by atoms with Crippen molar-refractivity contribution in [1.82, 2.24) is 0 Å². The summed E-state index contributed by atoms with van der Waals surface area (Å²) in [4.78, 5) is 0. The maximum absolute atomic E-state index is 5.89. The number of benzene rings is 2. The van der Waals surface area contributed by atoms with Gasteiger partial charge in [-0.15, -0.1) is 0 Å². The molecule has 0 saturated heterocycles. The smallest absolute Gasteiger partial charge is 0.0406 e. The first-order valence-electron chi connectivity index (χ1n) is 5.65. The summed E-state index contributed by atoms with van der Waals surface area (Å²) in [7, 11) is 0. The van der Waals surface area contributed by atoms with Gasteiger partial charge in [-0.25, -0.2) is 0 Å². The molecule has 0 N–H and O–H groups in total. The van der Waals surface area contributed by atoms with Gasteiger partial charge >= 0.3 is 0 Å². The highest BCUT2D eigenvalue weighted by atomic mass is 35.5. The van der Waals surface area contributed by atoms with Crippen molar-refractivity contribution in [3.63, 3.8) is 0 Å². The van der Waals surface area contributed by atoms with Gasteiger partial charge < -0.3 is 0 Å². The Morgan fingerprint density at radius 1 is 0.750 bits per heavy atom. The lowest BCUT2D eigenvalue weighted by Crippen LogP contribution is -1.83. The van der Waals surface area contributed by atoms with Gasteiger partial charge in [0.2, 0.25) is 0 Å². The van der Waals surface area contributed by atoms with Crippen LogP contribution in [0.4, 0.5) is 0 Å². The molecule has 1 heteroatoms. The van der Waals surface area contributed by atoms with E-state index in [4.69, 9.17) is 11.6 Å². The van der Waals surface area contributed by atoms with Crippen molar-refractivity contribution in [2.45, 2.75) is 18.3 Å². The Morgan fingerprint density at radius 2 is 1.31 bits per heavy atom. The Morgan fingerprint density at radius 3 is 1.94 bits per heavy atom. The first-order chi connectivity index (χ1) is 7.84. The standard InChI is InChI=1S/C15H13Cl/c16-13-8-6-12(7-9-13)15-10-14(15)11-4-2-1-3-5-11/h1-9,14-15H,10H2/t14-,15+/m1/s1. The first kappa shape index (κ1) is 9.92. The molecule has 2 aromatic rings. The summed E-state index contributed by atoms with van der Waals surface area (Å²) in [6, 6.07) is 19.0. The molecule has 1 fully saturated rings. The predicted molar refractivity (Wildman–Crippen MR) is 68.0 cm³/mol. The Kier molecular flexibility index (Phi) is 2.45. The van der Waals surface area contributed by atoms with Crippen LogP contribution in [0.2, 0.25) is 5.02 Å². The highest BCUT2D eigenvalue weighted by Gasteiger charge is 2.38. The quantitative estimate of drug-likeness (QED) is 0.704. The Labute approximate surface area is 101 Å². The molecular formula is C15H13Cl. The Hall–Kier alpha value is -1.27. The highest BCUT2D eigenvalue weighted by Crippen LogP contribution is 2.54. The van der Waals surface area contributed by atoms with E-state index in [-0.39, 0.29) is 0 Å². The molecule has 0 aromatic heterocycles. The molecule has 0 aliphatic heterocycles. The van der Waals surface area contributed by atoms with Crippen LogP contribution in [0.5, 0.6) is 0 Å². The van der Waals surface area contributed by atoms with E-state index < -0.39 is 0 Å². The third kappa shape index (κ3) is 1.85. The van der Waals surface area contributed by atoms with Crippen molar-refractivity contribution in [1.29, 1.82) is 0 Å². The van der Waals surface area contributed by atoms with E-state index in [0.29, 0.717) is 11.8 Å². The molecule has 1 aliphatic carbocycles. The van der Waals surface area contributed by atoms with E-state index in [2.05, 4.69) is 42.5 Å². The molecule has 1 saturated carbocycles. The second-order valence-electron chi connectivity index (χ2n) is 4.41. The zero-order valence-electron chi connectivity index (χ0n) is 8.94. The number of hydrogen-bond acceptors (Lipinski definition) is 0. The van der Waals surface area contributed by atoms with Crippen molar-refractivity contribution >= 4 is 11.6 Å². The van der Waals surface area contributed by atoms with Gasteiger partial charge in [-0.05, 0) is 41.5 Å². The van der Waals surface area contributed by atoms with E-state index in [1.807, 2.05) is 12.1 Å². The minimum atomic E-state index is 0.694. The summed E-state index contributed by atoms with van der Waals surface area (Å²) in [6.45, 7) is 0. The van der Waals surface area contributed by atoms with Crippen LogP contribution in [0.25, 0.3) is 0 Å². The highest BCUT2D eigenvalue weighted by molar-refractivity contribution is 6.30. The summed E-state index contributed by atoms with van der Waals surface area (Å²) in [6.07, 6.45) is 1.27. The van der Waals surface area contributed by atoms with Gasteiger partial charge in [-0.3, -0.25) is 0 Å². The molecule has 80 valence electrons. The fourth-order valence-corrected chi connectivity index (χ4v) is 2.47. The minimum absolute atomic E-state index is 0.694. The molecule has 0 spiro atoms. The van der Waals surface area contributed by atoms with Gasteiger partial charge in [-0.1, -0.05) is 54.1 Å². The maximum Gasteiger partial charge on any atom is 0.0406 e. The third-order valence-electron chi connectivity index (χ3n) is 3.32. The van der Waals surface area contributed by atoms with E-state index >= 15 is 0 Å². The van der Waals surface area contributed by atoms with Crippen LogP contribution < -0.4 is 0 Å². The van der Waals surface area contributed by atoms with Crippen molar-refractivity contribution < 1.29 is 0 Å². The maximum atomic E-state index is 5.89. The van der Waals surface area contributed by atoms with Gasteiger partial charge in [-0.2, -0.15) is 0 Å². The van der Waals surface area contributed by atoms with Gasteiger partial charge in [0.25, 0.3) is 0 Å². The second kappa shape index (κ2) is 3.95. The van der Waals surface area contributed by atoms with E-state index in [9.17, 15) is 0 Å². The second-order valence-corrected chi connectivity index (χ2v) is 4.85. The number of rotatable bonds is 2. The van der Waals surface area contributed by atoms with Crippen LogP contribution in [0.1, 0.15) is 29.4 Å². The summed E-state index contributed by atoms with van der Waals surface area (Å²) in [5.74, 6) is 1.40. The van der Waals surface area contributed by atoms with Crippen molar-refractivity contribution in [2.75, 3.05) is 0 Å². The molecule has 0 amide bonds. The van der Waals surface area contributed by atoms with Gasteiger partial charge in [0.15, 0.2) is 0 Å². The lowest BCUT2D eigenvalue weighted by Gasteiger charge is -2.01. The molecule has 2 aromatic carbocycles. The van der Waals surface area contributed by atoms with E-state index in [0.717, 1.165) is 5.02 Å². The van der Waals surface area contributed by atoms with Crippen LogP contribution in [0.3, 0.4) is 0 Å². The normalized spacial score (nSPS) is 23.1. The molecule has 3 rings (SSSR count). The molecule has 0 nitrogen and oxygen atoms in total. The molecule has 0 radical (unpaired) electrons. The molecule has 0 heterocycles. The SMILES string of the molecule is Clc1ccc([C@@H]2C[C@@H]2c2ccccc2)cc1. The molecule has 0 unspecified atom stereocenters. The topological polar surface area (TPSA) is 0 Å². The number of hydrogen-bond donors (Lipinski definition) is 0. The van der Waals surface area contributed by atoms with Gasteiger partial charge in [0.1, 0.15) is 0 Å². The van der Waals surface area contributed by atoms with Gasteiger partial charge in [0.05, 0.1) is 0 Å². The van der Waals surface area contributed by atoms with Crippen molar-refractivity contribution in [3.8, 4) is 0 Å². The van der Waals surface area contributed by atoms with Crippen LogP contribution in [-0.4, -0.2) is 0 Å². The van der Waals surface area contributed by atoms with Crippen LogP contribution >= 0.6 is 11.6 Å².